The van der Waals surface area contributed by atoms with Crippen molar-refractivity contribution in [1.29, 1.82) is 0 Å². The third-order valence-electron chi connectivity index (χ3n) is 3.41. The first kappa shape index (κ1) is 17.8. The number of rotatable bonds is 9. The summed E-state index contributed by atoms with van der Waals surface area (Å²) in [4.78, 5) is 5.43. The summed E-state index contributed by atoms with van der Waals surface area (Å²) in [6.45, 7) is 5.81. The monoisotopic (exact) mass is 333 g/mol. The molecule has 4 nitrogen and oxygen atoms in total. The van der Waals surface area contributed by atoms with Gasteiger partial charge < -0.3 is 14.6 Å². The molecule has 0 saturated carbocycles. The van der Waals surface area contributed by atoms with Crippen molar-refractivity contribution < 1.29 is 14.6 Å². The number of nitrogens with zero attached hydrogens (tertiary/aromatic N) is 1. The summed E-state index contributed by atoms with van der Waals surface area (Å²) in [6.07, 6.45) is 1.81. The topological polar surface area (TPSA) is 51.6 Å². The molecular weight excluding hydrogens is 310 g/mol. The first-order valence-corrected chi connectivity index (χ1v) is 8.65. The number of pyridine rings is 1. The Morgan fingerprint density at radius 1 is 1.09 bits per heavy atom. The molecule has 0 aliphatic carbocycles. The Bertz CT molecular complexity index is 605. The molecule has 0 unspecified atom stereocenters. The van der Waals surface area contributed by atoms with Gasteiger partial charge in [0, 0.05) is 16.8 Å². The van der Waals surface area contributed by atoms with E-state index in [0.29, 0.717) is 19.8 Å². The Morgan fingerprint density at radius 3 is 2.61 bits per heavy atom. The van der Waals surface area contributed by atoms with Crippen molar-refractivity contribution in [2.75, 3.05) is 25.6 Å². The molecule has 0 atom stereocenters. The van der Waals surface area contributed by atoms with Gasteiger partial charge in [-0.1, -0.05) is 18.2 Å². The highest BCUT2D eigenvalue weighted by Crippen LogP contribution is 2.27. The van der Waals surface area contributed by atoms with E-state index < -0.39 is 0 Å². The van der Waals surface area contributed by atoms with Gasteiger partial charge in [0.15, 0.2) is 0 Å². The van der Waals surface area contributed by atoms with Crippen molar-refractivity contribution in [2.45, 2.75) is 25.3 Å². The molecule has 1 N–H and O–H groups in total. The van der Waals surface area contributed by atoms with Crippen LogP contribution in [0.2, 0.25) is 0 Å². The number of hydrogen-bond acceptors (Lipinski definition) is 5. The lowest BCUT2D eigenvalue weighted by molar-refractivity contribution is 0.112. The lowest BCUT2D eigenvalue weighted by Gasteiger charge is -2.12. The molecule has 0 fully saturated rings. The van der Waals surface area contributed by atoms with Gasteiger partial charge in [-0.05, 0) is 37.1 Å². The molecule has 2 rings (SSSR count). The van der Waals surface area contributed by atoms with E-state index in [2.05, 4.69) is 4.98 Å². The Morgan fingerprint density at radius 2 is 1.87 bits per heavy atom. The minimum atomic E-state index is -0.0208. The van der Waals surface area contributed by atoms with Gasteiger partial charge in [0.25, 0.3) is 0 Å². The van der Waals surface area contributed by atoms with Crippen molar-refractivity contribution in [1.82, 2.24) is 4.98 Å². The second-order valence-electron chi connectivity index (χ2n) is 5.12. The zero-order valence-corrected chi connectivity index (χ0v) is 14.4. The molecule has 0 spiro atoms. The van der Waals surface area contributed by atoms with Gasteiger partial charge in [0.1, 0.15) is 12.4 Å². The maximum atomic E-state index is 9.29. The van der Waals surface area contributed by atoms with Crippen LogP contribution in [-0.4, -0.2) is 35.7 Å². The quantitative estimate of drug-likeness (QED) is 0.563. The van der Waals surface area contributed by atoms with E-state index in [1.807, 2.05) is 50.4 Å². The summed E-state index contributed by atoms with van der Waals surface area (Å²) in [7, 11) is 0. The van der Waals surface area contributed by atoms with E-state index in [1.165, 1.54) is 4.90 Å². The highest BCUT2D eigenvalue weighted by Gasteiger charge is 2.08. The maximum absolute atomic E-state index is 9.29. The Hall–Kier alpha value is -1.56. The van der Waals surface area contributed by atoms with E-state index in [9.17, 15) is 5.11 Å². The van der Waals surface area contributed by atoms with E-state index >= 15 is 0 Å². The van der Waals surface area contributed by atoms with Crippen LogP contribution in [0.1, 0.15) is 16.8 Å². The summed E-state index contributed by atoms with van der Waals surface area (Å²) in [5, 5.41) is 9.29. The zero-order valence-electron chi connectivity index (χ0n) is 13.6. The summed E-state index contributed by atoms with van der Waals surface area (Å²) in [6, 6.07) is 9.73. The lowest BCUT2D eigenvalue weighted by Crippen LogP contribution is -2.08. The van der Waals surface area contributed by atoms with Crippen molar-refractivity contribution in [3.8, 4) is 5.75 Å². The molecule has 0 aliphatic rings. The molecule has 0 radical (unpaired) electrons. The van der Waals surface area contributed by atoms with Crippen LogP contribution in [0.4, 0.5) is 0 Å². The number of thioether (sulfide) groups is 1. The molecule has 124 valence electrons. The van der Waals surface area contributed by atoms with Gasteiger partial charge in [-0.3, -0.25) is 4.98 Å². The molecule has 23 heavy (non-hydrogen) atoms. The molecular formula is C18H23NO3S. The predicted octanol–water partition coefficient (Wildman–Crippen LogP) is 3.38. The van der Waals surface area contributed by atoms with Crippen molar-refractivity contribution in [3.63, 3.8) is 0 Å². The van der Waals surface area contributed by atoms with E-state index in [1.54, 1.807) is 11.8 Å². The predicted molar refractivity (Wildman–Crippen MR) is 93.1 cm³/mol. The SMILES string of the molecule is Cc1cnc(CO)c(C)c1SCCOCCOc1ccccc1. The molecule has 0 aliphatic heterocycles. The average molecular weight is 333 g/mol. The number of aryl methyl sites for hydroxylation is 1. The summed E-state index contributed by atoms with van der Waals surface area (Å²) >= 11 is 1.74. The van der Waals surface area contributed by atoms with Gasteiger partial charge in [-0.2, -0.15) is 0 Å². The highest BCUT2D eigenvalue weighted by atomic mass is 32.2. The molecule has 2 aromatic rings. The van der Waals surface area contributed by atoms with Crippen LogP contribution >= 0.6 is 11.8 Å². The minimum Gasteiger partial charge on any atom is -0.491 e. The number of benzene rings is 1. The van der Waals surface area contributed by atoms with Gasteiger partial charge in [-0.25, -0.2) is 0 Å². The van der Waals surface area contributed by atoms with E-state index in [4.69, 9.17) is 9.47 Å². The lowest BCUT2D eigenvalue weighted by atomic mass is 10.2. The van der Waals surface area contributed by atoms with Crippen LogP contribution in [-0.2, 0) is 11.3 Å². The number of aliphatic hydroxyl groups excluding tert-OH is 1. The third-order valence-corrected chi connectivity index (χ3v) is 4.70. The number of ether oxygens (including phenoxy) is 2. The van der Waals surface area contributed by atoms with Crippen LogP contribution in [0.15, 0.2) is 41.4 Å². The van der Waals surface area contributed by atoms with Crippen LogP contribution in [0.3, 0.4) is 0 Å². The third kappa shape index (κ3) is 5.53. The number of aliphatic hydroxyl groups is 1. The number of aromatic nitrogens is 1. The number of hydrogen-bond donors (Lipinski definition) is 1. The average Bonchev–Trinajstić information content (AvgIpc) is 2.57. The minimum absolute atomic E-state index is 0.0208. The molecule has 1 aromatic heterocycles. The second kappa shape index (κ2) is 9.55. The van der Waals surface area contributed by atoms with Crippen LogP contribution < -0.4 is 4.74 Å². The maximum Gasteiger partial charge on any atom is 0.119 e. The summed E-state index contributed by atoms with van der Waals surface area (Å²) < 4.78 is 11.2. The molecule has 1 heterocycles. The largest absolute Gasteiger partial charge is 0.491 e. The zero-order chi connectivity index (χ0) is 16.5. The van der Waals surface area contributed by atoms with E-state index in [0.717, 1.165) is 28.3 Å². The Labute approximate surface area is 141 Å². The highest BCUT2D eigenvalue weighted by molar-refractivity contribution is 7.99. The summed E-state index contributed by atoms with van der Waals surface area (Å²) in [5.74, 6) is 1.73. The molecule has 0 bridgehead atoms. The van der Waals surface area contributed by atoms with Gasteiger partial charge in [0.2, 0.25) is 0 Å². The second-order valence-corrected chi connectivity index (χ2v) is 6.23. The molecule has 1 aromatic carbocycles. The normalized spacial score (nSPS) is 10.7. The van der Waals surface area contributed by atoms with Crippen molar-refractivity contribution in [3.05, 3.63) is 53.3 Å². The standard InChI is InChI=1S/C18H23NO3S/c1-14-12-19-17(13-20)15(2)18(14)23-11-10-21-8-9-22-16-6-4-3-5-7-16/h3-7,12,20H,8-11,13H2,1-2H3. The fourth-order valence-electron chi connectivity index (χ4n) is 2.18. The first-order valence-electron chi connectivity index (χ1n) is 7.66. The van der Waals surface area contributed by atoms with Gasteiger partial charge in [0.05, 0.1) is 25.5 Å². The molecule has 5 heteroatoms. The first-order chi connectivity index (χ1) is 11.2. The summed E-state index contributed by atoms with van der Waals surface area (Å²) in [5.41, 5.74) is 2.94. The number of para-hydroxylation sites is 1. The molecule has 0 amide bonds. The van der Waals surface area contributed by atoms with Crippen LogP contribution in [0.5, 0.6) is 5.75 Å². The van der Waals surface area contributed by atoms with Crippen molar-refractivity contribution in [2.24, 2.45) is 0 Å². The Balaban J connectivity index is 1.66. The van der Waals surface area contributed by atoms with Crippen molar-refractivity contribution >= 4 is 11.8 Å². The Kier molecular flexibility index (Phi) is 7.39. The van der Waals surface area contributed by atoms with E-state index in [-0.39, 0.29) is 6.61 Å². The van der Waals surface area contributed by atoms with Gasteiger partial charge in [-0.15, -0.1) is 11.8 Å². The van der Waals surface area contributed by atoms with Gasteiger partial charge >= 0.3 is 0 Å². The molecule has 0 saturated heterocycles. The fourth-order valence-corrected chi connectivity index (χ4v) is 3.20. The fraction of sp³-hybridized carbons (Fsp3) is 0.389. The van der Waals surface area contributed by atoms with Crippen LogP contribution in [0.25, 0.3) is 0 Å². The smallest absolute Gasteiger partial charge is 0.119 e. The van der Waals surface area contributed by atoms with Crippen LogP contribution in [0, 0.1) is 13.8 Å².